The number of hydrogen-bond acceptors (Lipinski definition) is 4. The first-order chi connectivity index (χ1) is 16.8. The molecule has 0 aliphatic heterocycles. The van der Waals surface area contributed by atoms with E-state index < -0.39 is 28.5 Å². The molecule has 2 aromatic rings. The van der Waals surface area contributed by atoms with Gasteiger partial charge in [-0.1, -0.05) is 66.3 Å². The average Bonchev–Trinajstić information content (AvgIpc) is 2.80. The molecule has 7 nitrogen and oxygen atoms in total. The standard InChI is InChI=1S/C24H29Cl4N3O4S/c1-5-15(3)29-24(33)22(6-2)30(13-16-7-9-18(25)20(27)11-16)23(32)14-31(36(4,34)35)17-8-10-19(26)21(28)12-17/h7-12,15,22H,5-6,13-14H2,1-4H3,(H,29,33)/t15-,22-/m1/s1. The van der Waals surface area contributed by atoms with Crippen molar-refractivity contribution < 1.29 is 18.0 Å². The molecule has 0 saturated heterocycles. The fourth-order valence-corrected chi connectivity index (χ4v) is 4.90. The Morgan fingerprint density at radius 2 is 1.50 bits per heavy atom. The molecule has 0 fully saturated rings. The molecule has 2 rings (SSSR count). The van der Waals surface area contributed by atoms with Crippen molar-refractivity contribution >= 4 is 73.9 Å². The Kier molecular flexibility index (Phi) is 11.2. The molecule has 0 saturated carbocycles. The second kappa shape index (κ2) is 13.2. The third-order valence-corrected chi connectivity index (χ3v) is 8.21. The van der Waals surface area contributed by atoms with E-state index in [4.69, 9.17) is 46.4 Å². The van der Waals surface area contributed by atoms with Crippen LogP contribution in [0.2, 0.25) is 20.1 Å². The highest BCUT2D eigenvalue weighted by molar-refractivity contribution is 7.92. The molecule has 198 valence electrons. The van der Waals surface area contributed by atoms with Gasteiger partial charge in [0.2, 0.25) is 21.8 Å². The Balaban J connectivity index is 2.48. The second-order valence-corrected chi connectivity index (χ2v) is 11.9. The fraction of sp³-hybridized carbons (Fsp3) is 0.417. The van der Waals surface area contributed by atoms with Crippen LogP contribution in [0.25, 0.3) is 0 Å². The van der Waals surface area contributed by atoms with Crippen molar-refractivity contribution in [2.24, 2.45) is 0 Å². The minimum atomic E-state index is -3.89. The molecule has 12 heteroatoms. The molecule has 0 spiro atoms. The first-order valence-electron chi connectivity index (χ1n) is 11.2. The van der Waals surface area contributed by atoms with Crippen LogP contribution in [0, 0.1) is 0 Å². The summed E-state index contributed by atoms with van der Waals surface area (Å²) in [6, 6.07) is 8.23. The van der Waals surface area contributed by atoms with Gasteiger partial charge in [-0.15, -0.1) is 0 Å². The highest BCUT2D eigenvalue weighted by Crippen LogP contribution is 2.29. The lowest BCUT2D eigenvalue weighted by Gasteiger charge is -2.33. The van der Waals surface area contributed by atoms with Gasteiger partial charge >= 0.3 is 0 Å². The molecule has 2 atom stereocenters. The SMILES string of the molecule is CC[C@@H](C)NC(=O)[C@@H](CC)N(Cc1ccc(Cl)c(Cl)c1)C(=O)CN(c1ccc(Cl)c(Cl)c1)S(C)(=O)=O. The summed E-state index contributed by atoms with van der Waals surface area (Å²) in [7, 11) is -3.89. The molecule has 2 aromatic carbocycles. The molecule has 0 unspecified atom stereocenters. The van der Waals surface area contributed by atoms with Crippen LogP contribution in [-0.4, -0.2) is 50.0 Å². The largest absolute Gasteiger partial charge is 0.352 e. The maximum atomic E-state index is 13.7. The number of benzene rings is 2. The highest BCUT2D eigenvalue weighted by atomic mass is 35.5. The van der Waals surface area contributed by atoms with Crippen LogP contribution < -0.4 is 9.62 Å². The number of carbonyl (C=O) groups is 2. The van der Waals surface area contributed by atoms with Crippen LogP contribution >= 0.6 is 46.4 Å². The molecular weight excluding hydrogens is 568 g/mol. The van der Waals surface area contributed by atoms with E-state index in [-0.39, 0.29) is 34.2 Å². The third-order valence-electron chi connectivity index (χ3n) is 5.59. The zero-order valence-corrected chi connectivity index (χ0v) is 24.2. The number of sulfonamides is 1. The molecule has 36 heavy (non-hydrogen) atoms. The van der Waals surface area contributed by atoms with Crippen molar-refractivity contribution in [3.05, 3.63) is 62.1 Å². The Labute approximate surface area is 232 Å². The van der Waals surface area contributed by atoms with Crippen LogP contribution in [0.4, 0.5) is 5.69 Å². The van der Waals surface area contributed by atoms with E-state index in [9.17, 15) is 18.0 Å². The van der Waals surface area contributed by atoms with E-state index in [1.807, 2.05) is 13.8 Å². The molecule has 0 heterocycles. The summed E-state index contributed by atoms with van der Waals surface area (Å²) < 4.78 is 26.2. The number of carbonyl (C=O) groups excluding carboxylic acids is 2. The molecule has 0 aliphatic carbocycles. The maximum absolute atomic E-state index is 13.7. The van der Waals surface area contributed by atoms with Crippen molar-refractivity contribution in [1.82, 2.24) is 10.2 Å². The molecule has 2 amide bonds. The first-order valence-corrected chi connectivity index (χ1v) is 14.6. The Morgan fingerprint density at radius 1 is 0.917 bits per heavy atom. The smallest absolute Gasteiger partial charge is 0.244 e. The molecule has 1 N–H and O–H groups in total. The van der Waals surface area contributed by atoms with Gasteiger partial charge in [0.15, 0.2) is 0 Å². The van der Waals surface area contributed by atoms with Crippen LogP contribution in [0.1, 0.15) is 39.2 Å². The second-order valence-electron chi connectivity index (χ2n) is 8.38. The first kappa shape index (κ1) is 30.5. The van der Waals surface area contributed by atoms with Gasteiger partial charge in [0.25, 0.3) is 0 Å². The van der Waals surface area contributed by atoms with Gasteiger partial charge in [0, 0.05) is 12.6 Å². The van der Waals surface area contributed by atoms with E-state index >= 15 is 0 Å². The summed E-state index contributed by atoms with van der Waals surface area (Å²) in [5, 5.41) is 3.94. The predicted octanol–water partition coefficient (Wildman–Crippen LogP) is 5.79. The monoisotopic (exact) mass is 595 g/mol. The van der Waals surface area contributed by atoms with Crippen molar-refractivity contribution in [3.63, 3.8) is 0 Å². The lowest BCUT2D eigenvalue weighted by Crippen LogP contribution is -2.53. The van der Waals surface area contributed by atoms with Gasteiger partial charge in [-0.3, -0.25) is 13.9 Å². The van der Waals surface area contributed by atoms with Crippen molar-refractivity contribution in [3.8, 4) is 0 Å². The third kappa shape index (κ3) is 8.15. The molecule has 0 aromatic heterocycles. The molecular formula is C24H29Cl4N3O4S. The summed E-state index contributed by atoms with van der Waals surface area (Å²) in [6.07, 6.45) is 2.00. The van der Waals surface area contributed by atoms with Crippen molar-refractivity contribution in [2.75, 3.05) is 17.1 Å². The molecule has 0 aliphatic rings. The fourth-order valence-electron chi connectivity index (χ4n) is 3.45. The lowest BCUT2D eigenvalue weighted by atomic mass is 10.1. The maximum Gasteiger partial charge on any atom is 0.244 e. The number of nitrogens with one attached hydrogen (secondary N) is 1. The minimum Gasteiger partial charge on any atom is -0.352 e. The van der Waals surface area contributed by atoms with Gasteiger partial charge in [-0.25, -0.2) is 8.42 Å². The zero-order valence-electron chi connectivity index (χ0n) is 20.4. The van der Waals surface area contributed by atoms with Crippen LogP contribution in [-0.2, 0) is 26.2 Å². The number of nitrogens with zero attached hydrogens (tertiary/aromatic N) is 2. The average molecular weight is 597 g/mol. The van der Waals surface area contributed by atoms with Crippen LogP contribution in [0.5, 0.6) is 0 Å². The van der Waals surface area contributed by atoms with Gasteiger partial charge < -0.3 is 10.2 Å². The minimum absolute atomic E-state index is 0.0150. The summed E-state index contributed by atoms with van der Waals surface area (Å²) in [6.45, 7) is 5.05. The molecule has 0 bridgehead atoms. The summed E-state index contributed by atoms with van der Waals surface area (Å²) in [4.78, 5) is 28.1. The van der Waals surface area contributed by atoms with Crippen LogP contribution in [0.3, 0.4) is 0 Å². The van der Waals surface area contributed by atoms with Gasteiger partial charge in [-0.05, 0) is 55.7 Å². The lowest BCUT2D eigenvalue weighted by molar-refractivity contribution is -0.140. The number of anilines is 1. The van der Waals surface area contributed by atoms with Crippen molar-refractivity contribution in [1.29, 1.82) is 0 Å². The number of hydrogen-bond donors (Lipinski definition) is 1. The number of rotatable bonds is 11. The quantitative estimate of drug-likeness (QED) is 0.356. The van der Waals surface area contributed by atoms with Gasteiger partial charge in [-0.2, -0.15) is 0 Å². The molecule has 0 radical (unpaired) electrons. The normalized spacial score (nSPS) is 13.1. The van der Waals surface area contributed by atoms with Gasteiger partial charge in [0.1, 0.15) is 12.6 Å². The topological polar surface area (TPSA) is 86.8 Å². The highest BCUT2D eigenvalue weighted by Gasteiger charge is 2.32. The van der Waals surface area contributed by atoms with Crippen molar-refractivity contribution in [2.45, 2.75) is 52.2 Å². The zero-order chi connectivity index (χ0) is 27.2. The summed E-state index contributed by atoms with van der Waals surface area (Å²) in [5.41, 5.74) is 0.805. The van der Waals surface area contributed by atoms with E-state index in [0.717, 1.165) is 10.6 Å². The van der Waals surface area contributed by atoms with Crippen LogP contribution in [0.15, 0.2) is 36.4 Å². The number of amides is 2. The Morgan fingerprint density at radius 3 is 2.00 bits per heavy atom. The van der Waals surface area contributed by atoms with E-state index in [0.29, 0.717) is 28.5 Å². The summed E-state index contributed by atoms with van der Waals surface area (Å²) >= 11 is 24.3. The number of halogens is 4. The van der Waals surface area contributed by atoms with E-state index in [2.05, 4.69) is 5.32 Å². The predicted molar refractivity (Wildman–Crippen MR) is 148 cm³/mol. The Bertz CT molecular complexity index is 1210. The van der Waals surface area contributed by atoms with E-state index in [1.165, 1.54) is 23.1 Å². The van der Waals surface area contributed by atoms with Gasteiger partial charge in [0.05, 0.1) is 32.0 Å². The summed E-state index contributed by atoms with van der Waals surface area (Å²) in [5.74, 6) is -0.913. The Hall–Kier alpha value is -1.71. The van der Waals surface area contributed by atoms with E-state index in [1.54, 1.807) is 25.1 Å².